The zero-order valence-corrected chi connectivity index (χ0v) is 10.3. The average Bonchev–Trinajstić information content (AvgIpc) is 2.74. The van der Waals surface area contributed by atoms with Crippen molar-refractivity contribution in [2.24, 2.45) is 5.92 Å². The van der Waals surface area contributed by atoms with E-state index in [2.05, 4.69) is 4.98 Å². The Hall–Kier alpha value is -1.29. The Morgan fingerprint density at radius 3 is 2.76 bits per heavy atom. The maximum absolute atomic E-state index is 9.84. The molecule has 0 aliphatic heterocycles. The molecule has 4 heteroatoms. The fourth-order valence-electron chi connectivity index (χ4n) is 2.50. The highest BCUT2D eigenvalue weighted by atomic mass is 16.5. The Morgan fingerprint density at radius 1 is 1.35 bits per heavy atom. The molecule has 1 saturated carbocycles. The van der Waals surface area contributed by atoms with Crippen molar-refractivity contribution in [1.82, 2.24) is 4.98 Å². The maximum atomic E-state index is 9.84. The van der Waals surface area contributed by atoms with Crippen LogP contribution in [0.3, 0.4) is 0 Å². The summed E-state index contributed by atoms with van der Waals surface area (Å²) in [5.41, 5.74) is 0.873. The Balaban J connectivity index is 2.19. The molecule has 4 nitrogen and oxygen atoms in total. The van der Waals surface area contributed by atoms with E-state index < -0.39 is 0 Å². The standard InChI is InChI=1S/C13H19NO3/c1-16-12-6-7-14-10(13(12)17-2)8-9-4-3-5-11(9)15/h6-7,9,11,15H,3-5,8H2,1-2H3. The quantitative estimate of drug-likeness (QED) is 0.867. The first-order chi connectivity index (χ1) is 8.26. The van der Waals surface area contributed by atoms with Gasteiger partial charge in [-0.15, -0.1) is 0 Å². The average molecular weight is 237 g/mol. The predicted octanol–water partition coefficient (Wildman–Crippen LogP) is 1.80. The number of aliphatic hydroxyl groups is 1. The lowest BCUT2D eigenvalue weighted by atomic mass is 9.99. The molecule has 0 amide bonds. The van der Waals surface area contributed by atoms with Crippen LogP contribution < -0.4 is 9.47 Å². The van der Waals surface area contributed by atoms with E-state index in [4.69, 9.17) is 9.47 Å². The van der Waals surface area contributed by atoms with E-state index in [-0.39, 0.29) is 6.10 Å². The topological polar surface area (TPSA) is 51.6 Å². The van der Waals surface area contributed by atoms with Crippen molar-refractivity contribution in [3.63, 3.8) is 0 Å². The first kappa shape index (κ1) is 12.2. The number of hydrogen-bond acceptors (Lipinski definition) is 4. The van der Waals surface area contributed by atoms with Gasteiger partial charge in [0, 0.05) is 12.3 Å². The summed E-state index contributed by atoms with van der Waals surface area (Å²) in [6, 6.07) is 1.79. The minimum Gasteiger partial charge on any atom is -0.493 e. The largest absolute Gasteiger partial charge is 0.493 e. The Kier molecular flexibility index (Phi) is 3.84. The minimum atomic E-state index is -0.201. The maximum Gasteiger partial charge on any atom is 0.182 e. The van der Waals surface area contributed by atoms with Gasteiger partial charge < -0.3 is 14.6 Å². The van der Waals surface area contributed by atoms with E-state index in [0.717, 1.165) is 31.4 Å². The Morgan fingerprint density at radius 2 is 2.18 bits per heavy atom. The number of aliphatic hydroxyl groups excluding tert-OH is 1. The monoisotopic (exact) mass is 237 g/mol. The molecule has 1 aliphatic carbocycles. The number of methoxy groups -OCH3 is 2. The van der Waals surface area contributed by atoms with Crippen LogP contribution in [0, 0.1) is 5.92 Å². The molecular formula is C13H19NO3. The van der Waals surface area contributed by atoms with Gasteiger partial charge >= 0.3 is 0 Å². The first-order valence-corrected chi connectivity index (χ1v) is 6.00. The predicted molar refractivity (Wildman–Crippen MR) is 64.4 cm³/mol. The first-order valence-electron chi connectivity index (χ1n) is 6.00. The molecule has 1 heterocycles. The molecule has 1 aromatic heterocycles. The molecule has 1 aliphatic rings. The molecule has 0 saturated heterocycles. The third kappa shape index (κ3) is 2.52. The van der Waals surface area contributed by atoms with Crippen molar-refractivity contribution in [1.29, 1.82) is 0 Å². The highest BCUT2D eigenvalue weighted by molar-refractivity contribution is 5.42. The van der Waals surface area contributed by atoms with Crippen molar-refractivity contribution in [2.45, 2.75) is 31.8 Å². The zero-order chi connectivity index (χ0) is 12.3. The van der Waals surface area contributed by atoms with Crippen LogP contribution in [-0.4, -0.2) is 30.4 Å². The van der Waals surface area contributed by atoms with E-state index in [1.807, 2.05) is 0 Å². The Bertz CT molecular complexity index is 381. The highest BCUT2D eigenvalue weighted by Crippen LogP contribution is 2.34. The molecule has 1 N–H and O–H groups in total. The van der Waals surface area contributed by atoms with Crippen LogP contribution in [0.2, 0.25) is 0 Å². The van der Waals surface area contributed by atoms with Crippen LogP contribution in [0.25, 0.3) is 0 Å². The van der Waals surface area contributed by atoms with Crippen LogP contribution >= 0.6 is 0 Å². The van der Waals surface area contributed by atoms with Crippen molar-refractivity contribution in [3.05, 3.63) is 18.0 Å². The number of ether oxygens (including phenoxy) is 2. The lowest BCUT2D eigenvalue weighted by molar-refractivity contribution is 0.131. The summed E-state index contributed by atoms with van der Waals surface area (Å²) in [6.45, 7) is 0. The number of nitrogens with zero attached hydrogens (tertiary/aromatic N) is 1. The summed E-state index contributed by atoms with van der Waals surface area (Å²) < 4.78 is 10.6. The van der Waals surface area contributed by atoms with Gasteiger partial charge in [0.25, 0.3) is 0 Å². The molecule has 0 spiro atoms. The fraction of sp³-hybridized carbons (Fsp3) is 0.615. The van der Waals surface area contributed by atoms with Gasteiger partial charge in [0.05, 0.1) is 26.0 Å². The third-order valence-corrected chi connectivity index (χ3v) is 3.44. The van der Waals surface area contributed by atoms with E-state index in [9.17, 15) is 5.11 Å². The lowest BCUT2D eigenvalue weighted by Crippen LogP contribution is -2.16. The fourth-order valence-corrected chi connectivity index (χ4v) is 2.50. The van der Waals surface area contributed by atoms with Gasteiger partial charge in [0.15, 0.2) is 11.5 Å². The van der Waals surface area contributed by atoms with E-state index in [0.29, 0.717) is 17.4 Å². The Labute approximate surface area is 102 Å². The van der Waals surface area contributed by atoms with Crippen LogP contribution in [0.5, 0.6) is 11.5 Å². The molecule has 1 fully saturated rings. The van der Waals surface area contributed by atoms with Gasteiger partial charge in [0.1, 0.15) is 0 Å². The van der Waals surface area contributed by atoms with E-state index in [1.54, 1.807) is 26.5 Å². The second-order valence-corrected chi connectivity index (χ2v) is 4.46. The molecule has 2 unspecified atom stereocenters. The van der Waals surface area contributed by atoms with Gasteiger partial charge in [-0.1, -0.05) is 6.42 Å². The normalized spacial score (nSPS) is 23.7. The number of rotatable bonds is 4. The SMILES string of the molecule is COc1ccnc(CC2CCCC2O)c1OC. The molecule has 94 valence electrons. The summed E-state index contributed by atoms with van der Waals surface area (Å²) in [5.74, 6) is 1.68. The zero-order valence-electron chi connectivity index (χ0n) is 10.3. The summed E-state index contributed by atoms with van der Waals surface area (Å²) >= 11 is 0. The van der Waals surface area contributed by atoms with Gasteiger partial charge in [-0.2, -0.15) is 0 Å². The lowest BCUT2D eigenvalue weighted by Gasteiger charge is -2.16. The molecule has 0 aromatic carbocycles. The van der Waals surface area contributed by atoms with Crippen molar-refractivity contribution >= 4 is 0 Å². The van der Waals surface area contributed by atoms with Crippen LogP contribution in [-0.2, 0) is 6.42 Å². The molecule has 1 aromatic rings. The third-order valence-electron chi connectivity index (χ3n) is 3.44. The van der Waals surface area contributed by atoms with Crippen molar-refractivity contribution < 1.29 is 14.6 Å². The number of pyridine rings is 1. The molecular weight excluding hydrogens is 218 g/mol. The summed E-state index contributed by atoms with van der Waals surface area (Å²) in [7, 11) is 3.24. The summed E-state index contributed by atoms with van der Waals surface area (Å²) in [6.07, 6.45) is 5.32. The summed E-state index contributed by atoms with van der Waals surface area (Å²) in [5, 5.41) is 9.84. The van der Waals surface area contributed by atoms with Crippen LogP contribution in [0.1, 0.15) is 25.0 Å². The van der Waals surface area contributed by atoms with Crippen LogP contribution in [0.4, 0.5) is 0 Å². The summed E-state index contributed by atoms with van der Waals surface area (Å²) in [4.78, 5) is 4.34. The smallest absolute Gasteiger partial charge is 0.182 e. The molecule has 0 radical (unpaired) electrons. The molecule has 2 rings (SSSR count). The second kappa shape index (κ2) is 5.36. The van der Waals surface area contributed by atoms with Gasteiger partial charge in [-0.05, 0) is 25.2 Å². The number of aromatic nitrogens is 1. The van der Waals surface area contributed by atoms with E-state index >= 15 is 0 Å². The van der Waals surface area contributed by atoms with Crippen LogP contribution in [0.15, 0.2) is 12.3 Å². The van der Waals surface area contributed by atoms with Gasteiger partial charge in [-0.25, -0.2) is 0 Å². The number of hydrogen-bond donors (Lipinski definition) is 1. The van der Waals surface area contributed by atoms with Crippen molar-refractivity contribution in [2.75, 3.05) is 14.2 Å². The van der Waals surface area contributed by atoms with Gasteiger partial charge in [0.2, 0.25) is 0 Å². The minimum absolute atomic E-state index is 0.201. The second-order valence-electron chi connectivity index (χ2n) is 4.46. The van der Waals surface area contributed by atoms with Crippen molar-refractivity contribution in [3.8, 4) is 11.5 Å². The molecule has 0 bridgehead atoms. The highest BCUT2D eigenvalue weighted by Gasteiger charge is 2.27. The molecule has 2 atom stereocenters. The van der Waals surface area contributed by atoms with E-state index in [1.165, 1.54) is 0 Å². The van der Waals surface area contributed by atoms with Gasteiger partial charge in [-0.3, -0.25) is 4.98 Å². The molecule has 17 heavy (non-hydrogen) atoms.